The number of hydrogen-bond acceptors (Lipinski definition) is 4. The van der Waals surface area contributed by atoms with Crippen LogP contribution in [0.1, 0.15) is 0 Å². The highest BCUT2D eigenvalue weighted by Crippen LogP contribution is 2.30. The van der Waals surface area contributed by atoms with Crippen LogP contribution in [0.15, 0.2) is 23.2 Å². The van der Waals surface area contributed by atoms with Crippen LogP contribution in [0.5, 0.6) is 0 Å². The molecule has 0 saturated carbocycles. The van der Waals surface area contributed by atoms with Gasteiger partial charge in [0.15, 0.2) is 11.6 Å². The number of benzene rings is 1. The van der Waals surface area contributed by atoms with Crippen LogP contribution in [0.2, 0.25) is 10.0 Å². The average molecular weight is 325 g/mol. The van der Waals surface area contributed by atoms with Gasteiger partial charge in [0.05, 0.1) is 21.9 Å². The largest absolute Gasteiger partial charge is 0.394 e. The molecule has 102 valence electrons. The van der Waals surface area contributed by atoms with Crippen LogP contribution in [0, 0.1) is 5.82 Å². The molecule has 2 aromatic rings. The highest BCUT2D eigenvalue weighted by molar-refractivity contribution is 7.92. The molecule has 1 aromatic carbocycles. The number of H-pyrrole nitrogens is 1. The molecule has 0 spiro atoms. The molecule has 19 heavy (non-hydrogen) atoms. The van der Waals surface area contributed by atoms with Crippen LogP contribution in [0.25, 0.3) is 0 Å². The average Bonchev–Trinajstić information content (AvgIpc) is 2.71. The van der Waals surface area contributed by atoms with Crippen LogP contribution >= 0.6 is 23.2 Å². The van der Waals surface area contributed by atoms with Crippen LogP contribution in [0.3, 0.4) is 0 Å². The van der Waals surface area contributed by atoms with E-state index in [4.69, 9.17) is 28.9 Å². The minimum atomic E-state index is -4.11. The number of nitrogens with one attached hydrogen (secondary N) is 2. The van der Waals surface area contributed by atoms with Gasteiger partial charge in [-0.3, -0.25) is 9.82 Å². The summed E-state index contributed by atoms with van der Waals surface area (Å²) in [5.41, 5.74) is 5.56. The maximum atomic E-state index is 13.5. The normalized spacial score (nSPS) is 11.5. The summed E-state index contributed by atoms with van der Waals surface area (Å²) in [5, 5.41) is 5.02. The summed E-state index contributed by atoms with van der Waals surface area (Å²) in [6.07, 6.45) is 1.22. The quantitative estimate of drug-likeness (QED) is 0.753. The number of halogens is 3. The van der Waals surface area contributed by atoms with Gasteiger partial charge in [0.25, 0.3) is 10.0 Å². The van der Waals surface area contributed by atoms with Crippen molar-refractivity contribution in [2.75, 3.05) is 10.5 Å². The number of nitrogens with zero attached hydrogens (tertiary/aromatic N) is 1. The van der Waals surface area contributed by atoms with E-state index >= 15 is 0 Å². The number of anilines is 2. The van der Waals surface area contributed by atoms with Crippen LogP contribution in [-0.2, 0) is 10.0 Å². The van der Waals surface area contributed by atoms with E-state index in [1.54, 1.807) is 0 Å². The van der Waals surface area contributed by atoms with Gasteiger partial charge < -0.3 is 5.73 Å². The second-order valence-corrected chi connectivity index (χ2v) is 5.92. The Labute approximate surface area is 117 Å². The third-order valence-electron chi connectivity index (χ3n) is 2.19. The van der Waals surface area contributed by atoms with E-state index in [-0.39, 0.29) is 16.5 Å². The first-order valence-corrected chi connectivity index (χ1v) is 7.02. The number of nitrogen functional groups attached to an aromatic ring is 1. The maximum Gasteiger partial charge on any atom is 0.264 e. The molecule has 0 radical (unpaired) electrons. The number of sulfonamides is 1. The van der Waals surface area contributed by atoms with Crippen LogP contribution in [0.4, 0.5) is 15.9 Å². The van der Waals surface area contributed by atoms with Crippen molar-refractivity contribution in [2.45, 2.75) is 4.90 Å². The molecule has 4 N–H and O–H groups in total. The monoisotopic (exact) mass is 324 g/mol. The molecule has 0 bridgehead atoms. The van der Waals surface area contributed by atoms with E-state index in [9.17, 15) is 12.8 Å². The number of hydrogen-bond donors (Lipinski definition) is 3. The summed E-state index contributed by atoms with van der Waals surface area (Å²) in [7, 11) is -4.11. The first kappa shape index (κ1) is 13.9. The zero-order valence-electron chi connectivity index (χ0n) is 9.12. The van der Waals surface area contributed by atoms with Gasteiger partial charge in [-0.15, -0.1) is 0 Å². The second kappa shape index (κ2) is 4.87. The highest BCUT2D eigenvalue weighted by atomic mass is 35.5. The van der Waals surface area contributed by atoms with E-state index in [2.05, 4.69) is 14.9 Å². The summed E-state index contributed by atoms with van der Waals surface area (Å²) in [5.74, 6) is -1.05. The third kappa shape index (κ3) is 2.60. The van der Waals surface area contributed by atoms with Crippen LogP contribution < -0.4 is 10.5 Å². The Hall–Kier alpha value is -1.51. The van der Waals surface area contributed by atoms with Crippen molar-refractivity contribution in [3.8, 4) is 0 Å². The van der Waals surface area contributed by atoms with Gasteiger partial charge in [-0.2, -0.15) is 5.10 Å². The smallest absolute Gasteiger partial charge is 0.264 e. The van der Waals surface area contributed by atoms with Crippen molar-refractivity contribution in [1.82, 2.24) is 10.2 Å². The molecule has 0 aliphatic rings. The van der Waals surface area contributed by atoms with Gasteiger partial charge in [-0.1, -0.05) is 23.2 Å². The summed E-state index contributed by atoms with van der Waals surface area (Å²) in [4.78, 5) is -0.454. The molecule has 1 heterocycles. The minimum Gasteiger partial charge on any atom is -0.394 e. The summed E-state index contributed by atoms with van der Waals surface area (Å²) < 4.78 is 39.6. The van der Waals surface area contributed by atoms with E-state index in [1.165, 1.54) is 6.20 Å². The molecular formula is C9H7Cl2FN4O2S. The van der Waals surface area contributed by atoms with Crippen molar-refractivity contribution in [3.05, 3.63) is 34.2 Å². The fourth-order valence-electron chi connectivity index (χ4n) is 1.28. The topological polar surface area (TPSA) is 101 Å². The van der Waals surface area contributed by atoms with Crippen molar-refractivity contribution < 1.29 is 12.8 Å². The zero-order chi connectivity index (χ0) is 14.2. The lowest BCUT2D eigenvalue weighted by molar-refractivity contribution is 0.595. The minimum absolute atomic E-state index is 0.0357. The van der Waals surface area contributed by atoms with Gasteiger partial charge >= 0.3 is 0 Å². The Bertz CT molecular complexity index is 732. The van der Waals surface area contributed by atoms with Crippen molar-refractivity contribution in [3.63, 3.8) is 0 Å². The fourth-order valence-corrected chi connectivity index (χ4v) is 3.07. The van der Waals surface area contributed by atoms with Gasteiger partial charge in [-0.05, 0) is 12.1 Å². The number of nitrogens with two attached hydrogens (primary N) is 1. The predicted molar refractivity (Wildman–Crippen MR) is 70.2 cm³/mol. The molecule has 2 rings (SSSR count). The molecular weight excluding hydrogens is 318 g/mol. The fraction of sp³-hybridized carbons (Fsp3) is 0. The number of aromatic nitrogens is 2. The molecule has 1 aromatic heterocycles. The highest BCUT2D eigenvalue weighted by Gasteiger charge is 2.23. The Balaban J connectivity index is 2.46. The first-order valence-electron chi connectivity index (χ1n) is 4.78. The van der Waals surface area contributed by atoms with Gasteiger partial charge in [-0.25, -0.2) is 12.8 Å². The molecule has 10 heteroatoms. The third-order valence-corrected chi connectivity index (χ3v) is 4.36. The molecule has 0 atom stereocenters. The number of aromatic amines is 1. The van der Waals surface area contributed by atoms with E-state index in [0.29, 0.717) is 0 Å². The van der Waals surface area contributed by atoms with E-state index < -0.39 is 25.8 Å². The first-order chi connectivity index (χ1) is 8.83. The lowest BCUT2D eigenvalue weighted by atomic mass is 10.3. The Morgan fingerprint density at radius 2 is 2.05 bits per heavy atom. The molecule has 0 amide bonds. The molecule has 0 aliphatic carbocycles. The van der Waals surface area contributed by atoms with Crippen LogP contribution in [-0.4, -0.2) is 18.6 Å². The molecule has 0 fully saturated rings. The summed E-state index contributed by atoms with van der Waals surface area (Å²) in [6.45, 7) is 0. The molecule has 0 saturated heterocycles. The van der Waals surface area contributed by atoms with E-state index in [0.717, 1.165) is 12.1 Å². The maximum absolute atomic E-state index is 13.5. The predicted octanol–water partition coefficient (Wildman–Crippen LogP) is 2.24. The number of rotatable bonds is 3. The molecule has 6 nitrogen and oxygen atoms in total. The Morgan fingerprint density at radius 3 is 2.63 bits per heavy atom. The second-order valence-electron chi connectivity index (χ2n) is 3.48. The van der Waals surface area contributed by atoms with Crippen molar-refractivity contribution in [1.29, 1.82) is 0 Å². The SMILES string of the molecule is Nc1cn[nH]c1NS(=O)(=O)c1ccc(Cl)c(F)c1Cl. The summed E-state index contributed by atoms with van der Waals surface area (Å²) in [6, 6.07) is 2.18. The van der Waals surface area contributed by atoms with Gasteiger partial charge in [0.1, 0.15) is 4.90 Å². The Kier molecular flexibility index (Phi) is 3.57. The lowest BCUT2D eigenvalue weighted by Crippen LogP contribution is -2.15. The van der Waals surface area contributed by atoms with Crippen molar-refractivity contribution in [2.24, 2.45) is 0 Å². The van der Waals surface area contributed by atoms with E-state index in [1.807, 2.05) is 0 Å². The standard InChI is InChI=1S/C9H7Cl2FN4O2S/c10-4-1-2-6(7(11)8(4)12)19(17,18)16-9-5(13)3-14-15-9/h1-3H,13H2,(H2,14,15,16). The molecule has 0 unspecified atom stereocenters. The van der Waals surface area contributed by atoms with Gasteiger partial charge in [0.2, 0.25) is 0 Å². The molecule has 0 aliphatic heterocycles. The lowest BCUT2D eigenvalue weighted by Gasteiger charge is -2.09. The summed E-state index contributed by atoms with van der Waals surface area (Å²) >= 11 is 11.1. The van der Waals surface area contributed by atoms with Crippen molar-refractivity contribution >= 4 is 44.7 Å². The Morgan fingerprint density at radius 1 is 1.37 bits per heavy atom. The van der Waals surface area contributed by atoms with Gasteiger partial charge in [0, 0.05) is 0 Å². The zero-order valence-corrected chi connectivity index (χ0v) is 11.4.